The third kappa shape index (κ3) is 3.17. The SMILES string of the molecule is N#CCc1ncccc1-c1ccc(C(=O)N[C@@H]2C[C@@H]3CC[C@H]2N3C#N)c(Cl)c1. The predicted octanol–water partition coefficient (Wildman–Crippen LogP) is 3.28. The van der Waals surface area contributed by atoms with Gasteiger partial charge in [-0.1, -0.05) is 23.7 Å². The molecule has 1 N–H and O–H groups in total. The number of fused-ring (bicyclic) bond motifs is 2. The fourth-order valence-electron chi connectivity index (χ4n) is 4.33. The summed E-state index contributed by atoms with van der Waals surface area (Å²) in [5.74, 6) is -0.226. The molecular weight excluding hydrogens is 374 g/mol. The van der Waals surface area contributed by atoms with Crippen molar-refractivity contribution in [2.45, 2.75) is 43.8 Å². The van der Waals surface area contributed by atoms with Crippen molar-refractivity contribution < 1.29 is 4.79 Å². The van der Waals surface area contributed by atoms with Crippen LogP contribution in [0.25, 0.3) is 11.1 Å². The van der Waals surface area contributed by atoms with E-state index in [1.165, 1.54) is 0 Å². The standard InChI is InChI=1S/C21H18ClN5O/c22-17-10-13(15-2-1-9-25-18(15)7-8-23)3-5-16(17)21(28)26-19-11-14-4-6-20(19)27(14)12-24/h1-3,5,9-10,14,19-20H,4,6-7,11H2,(H,26,28)/t14-,19+,20+/m0/s1. The van der Waals surface area contributed by atoms with Crippen LogP contribution in [-0.2, 0) is 6.42 Å². The highest BCUT2D eigenvalue weighted by atomic mass is 35.5. The largest absolute Gasteiger partial charge is 0.347 e. The molecular formula is C21H18ClN5O. The number of halogens is 1. The number of amides is 1. The zero-order chi connectivity index (χ0) is 19.7. The average molecular weight is 392 g/mol. The normalized spacial score (nSPS) is 22.5. The van der Waals surface area contributed by atoms with Crippen molar-refractivity contribution in [3.63, 3.8) is 0 Å². The molecule has 28 heavy (non-hydrogen) atoms. The quantitative estimate of drug-likeness (QED) is 0.807. The summed E-state index contributed by atoms with van der Waals surface area (Å²) in [6.07, 6.45) is 6.84. The second-order valence-electron chi connectivity index (χ2n) is 7.15. The molecule has 7 heteroatoms. The number of carbonyl (C=O) groups is 1. The van der Waals surface area contributed by atoms with Gasteiger partial charge in [-0.2, -0.15) is 10.5 Å². The monoisotopic (exact) mass is 391 g/mol. The first kappa shape index (κ1) is 18.3. The highest BCUT2D eigenvalue weighted by molar-refractivity contribution is 6.34. The van der Waals surface area contributed by atoms with Crippen molar-refractivity contribution in [3.05, 3.63) is 52.8 Å². The Morgan fingerprint density at radius 2 is 2.18 bits per heavy atom. The minimum atomic E-state index is -0.226. The van der Waals surface area contributed by atoms with Crippen LogP contribution in [0.1, 0.15) is 35.3 Å². The highest BCUT2D eigenvalue weighted by Crippen LogP contribution is 2.37. The van der Waals surface area contributed by atoms with E-state index in [4.69, 9.17) is 16.9 Å². The van der Waals surface area contributed by atoms with E-state index in [0.29, 0.717) is 16.3 Å². The number of aromatic nitrogens is 1. The minimum Gasteiger partial charge on any atom is -0.347 e. The second-order valence-corrected chi connectivity index (χ2v) is 7.56. The molecule has 0 aliphatic carbocycles. The molecule has 6 nitrogen and oxygen atoms in total. The Morgan fingerprint density at radius 1 is 1.32 bits per heavy atom. The summed E-state index contributed by atoms with van der Waals surface area (Å²) in [5.41, 5.74) is 2.73. The molecule has 1 aromatic heterocycles. The molecule has 0 saturated carbocycles. The molecule has 2 aliphatic rings. The Morgan fingerprint density at radius 3 is 2.89 bits per heavy atom. The van der Waals surface area contributed by atoms with Crippen LogP contribution >= 0.6 is 11.6 Å². The summed E-state index contributed by atoms with van der Waals surface area (Å²) in [6, 6.07) is 11.4. The van der Waals surface area contributed by atoms with Gasteiger partial charge < -0.3 is 10.2 Å². The molecule has 140 valence electrons. The van der Waals surface area contributed by atoms with Gasteiger partial charge in [-0.15, -0.1) is 0 Å². The van der Waals surface area contributed by atoms with Crippen LogP contribution < -0.4 is 5.32 Å². The van der Waals surface area contributed by atoms with Crippen LogP contribution in [0.4, 0.5) is 0 Å². The van der Waals surface area contributed by atoms with Gasteiger partial charge in [-0.05, 0) is 43.0 Å². The fourth-order valence-corrected chi connectivity index (χ4v) is 4.60. The van der Waals surface area contributed by atoms with Crippen molar-refractivity contribution in [1.29, 1.82) is 10.5 Å². The number of benzene rings is 1. The number of hydrogen-bond acceptors (Lipinski definition) is 5. The Labute approximate surface area is 168 Å². The Bertz CT molecular complexity index is 1010. The molecule has 2 bridgehead atoms. The van der Waals surface area contributed by atoms with Crippen LogP contribution in [0.15, 0.2) is 36.5 Å². The van der Waals surface area contributed by atoms with E-state index in [9.17, 15) is 10.1 Å². The van der Waals surface area contributed by atoms with Crippen LogP contribution in [-0.4, -0.2) is 33.9 Å². The van der Waals surface area contributed by atoms with Gasteiger partial charge in [0, 0.05) is 17.8 Å². The van der Waals surface area contributed by atoms with E-state index in [0.717, 1.165) is 30.4 Å². The van der Waals surface area contributed by atoms with Crippen molar-refractivity contribution in [1.82, 2.24) is 15.2 Å². The van der Waals surface area contributed by atoms with E-state index < -0.39 is 0 Å². The summed E-state index contributed by atoms with van der Waals surface area (Å²) in [6.45, 7) is 0. The van der Waals surface area contributed by atoms with E-state index in [-0.39, 0.29) is 30.5 Å². The third-order valence-electron chi connectivity index (χ3n) is 5.63. The van der Waals surface area contributed by atoms with Gasteiger partial charge in [0.2, 0.25) is 0 Å². The molecule has 0 unspecified atom stereocenters. The summed E-state index contributed by atoms with van der Waals surface area (Å²) >= 11 is 6.41. The van der Waals surface area contributed by atoms with Gasteiger partial charge in [0.25, 0.3) is 5.91 Å². The lowest BCUT2D eigenvalue weighted by molar-refractivity contribution is 0.0928. The minimum absolute atomic E-state index is 0.0257. The van der Waals surface area contributed by atoms with Crippen LogP contribution in [0.3, 0.4) is 0 Å². The van der Waals surface area contributed by atoms with Crippen molar-refractivity contribution >= 4 is 17.5 Å². The van der Waals surface area contributed by atoms with Gasteiger partial charge in [-0.25, -0.2) is 0 Å². The first-order valence-corrected chi connectivity index (χ1v) is 9.60. The summed E-state index contributed by atoms with van der Waals surface area (Å²) in [4.78, 5) is 18.8. The Kier molecular flexibility index (Phi) is 4.90. The summed E-state index contributed by atoms with van der Waals surface area (Å²) in [7, 11) is 0. The molecule has 3 heterocycles. The highest BCUT2D eigenvalue weighted by Gasteiger charge is 2.46. The molecule has 1 aromatic carbocycles. The van der Waals surface area contributed by atoms with Gasteiger partial charge >= 0.3 is 0 Å². The van der Waals surface area contributed by atoms with Gasteiger partial charge in [0.15, 0.2) is 6.19 Å². The molecule has 2 aromatic rings. The van der Waals surface area contributed by atoms with Crippen molar-refractivity contribution in [2.24, 2.45) is 0 Å². The van der Waals surface area contributed by atoms with Crippen LogP contribution in [0.5, 0.6) is 0 Å². The van der Waals surface area contributed by atoms with Crippen molar-refractivity contribution in [3.8, 4) is 23.4 Å². The van der Waals surface area contributed by atoms with E-state index in [2.05, 4.69) is 22.6 Å². The van der Waals surface area contributed by atoms with Crippen LogP contribution in [0, 0.1) is 22.8 Å². The van der Waals surface area contributed by atoms with Gasteiger partial charge in [0.1, 0.15) is 0 Å². The Balaban J connectivity index is 1.54. The summed E-state index contributed by atoms with van der Waals surface area (Å²) < 4.78 is 0. The van der Waals surface area contributed by atoms with Gasteiger partial charge in [0.05, 0.1) is 40.9 Å². The lowest BCUT2D eigenvalue weighted by Crippen LogP contribution is -2.43. The number of pyridine rings is 1. The number of nitrogens with one attached hydrogen (secondary N) is 1. The van der Waals surface area contributed by atoms with E-state index in [1.54, 1.807) is 24.4 Å². The van der Waals surface area contributed by atoms with E-state index >= 15 is 0 Å². The smallest absolute Gasteiger partial charge is 0.253 e. The average Bonchev–Trinajstić information content (AvgIpc) is 3.25. The molecule has 2 saturated heterocycles. The second kappa shape index (κ2) is 7.50. The first-order valence-electron chi connectivity index (χ1n) is 9.22. The van der Waals surface area contributed by atoms with Crippen molar-refractivity contribution in [2.75, 3.05) is 0 Å². The third-order valence-corrected chi connectivity index (χ3v) is 5.94. The fraction of sp³-hybridized carbons (Fsp3) is 0.333. The van der Waals surface area contributed by atoms with Gasteiger partial charge in [-0.3, -0.25) is 9.78 Å². The number of hydrogen-bond donors (Lipinski definition) is 1. The molecule has 1 amide bonds. The number of rotatable bonds is 4. The molecule has 0 radical (unpaired) electrons. The lowest BCUT2D eigenvalue weighted by Gasteiger charge is -2.22. The first-order chi connectivity index (χ1) is 13.6. The molecule has 4 rings (SSSR count). The zero-order valence-corrected chi connectivity index (χ0v) is 15.9. The zero-order valence-electron chi connectivity index (χ0n) is 15.1. The summed E-state index contributed by atoms with van der Waals surface area (Å²) in [5, 5.41) is 21.7. The maximum atomic E-state index is 12.8. The Hall–Kier alpha value is -3.09. The molecule has 3 atom stereocenters. The molecule has 0 spiro atoms. The van der Waals surface area contributed by atoms with E-state index in [1.807, 2.05) is 17.0 Å². The maximum Gasteiger partial charge on any atom is 0.253 e. The topological polar surface area (TPSA) is 92.8 Å². The lowest BCUT2D eigenvalue weighted by atomic mass is 9.95. The maximum absolute atomic E-state index is 12.8. The number of nitriles is 2. The number of nitrogens with zero attached hydrogens (tertiary/aromatic N) is 4. The molecule has 2 aliphatic heterocycles. The molecule has 2 fully saturated rings. The van der Waals surface area contributed by atoms with Crippen LogP contribution in [0.2, 0.25) is 5.02 Å². The predicted molar refractivity (Wildman–Crippen MR) is 104 cm³/mol. The number of carbonyl (C=O) groups excluding carboxylic acids is 1.